The lowest BCUT2D eigenvalue weighted by atomic mass is 10.1. The first-order chi connectivity index (χ1) is 7.00. The highest BCUT2D eigenvalue weighted by Crippen LogP contribution is 2.15. The van der Waals surface area contributed by atoms with E-state index in [0.717, 1.165) is 18.1 Å². The van der Waals surface area contributed by atoms with Crippen LogP contribution in [0.15, 0.2) is 12.3 Å². The molecular formula is C11H18ClN3. The minimum Gasteiger partial charge on any atom is -0.347 e. The van der Waals surface area contributed by atoms with E-state index < -0.39 is 0 Å². The van der Waals surface area contributed by atoms with Gasteiger partial charge in [-0.2, -0.15) is 0 Å². The summed E-state index contributed by atoms with van der Waals surface area (Å²) in [4.78, 5) is 10.5. The molecule has 84 valence electrons. The zero-order valence-corrected chi connectivity index (χ0v) is 10.5. The second kappa shape index (κ2) is 5.31. The van der Waals surface area contributed by atoms with Crippen LogP contribution in [0.2, 0.25) is 0 Å². The molecule has 1 atom stereocenters. The molecule has 0 bridgehead atoms. The molecule has 0 saturated heterocycles. The molecule has 4 heteroatoms. The Morgan fingerprint density at radius 2 is 2.07 bits per heavy atom. The van der Waals surface area contributed by atoms with Crippen LogP contribution in [0.25, 0.3) is 0 Å². The third-order valence-corrected chi connectivity index (χ3v) is 2.89. The highest BCUT2D eigenvalue weighted by atomic mass is 35.5. The van der Waals surface area contributed by atoms with E-state index in [2.05, 4.69) is 23.8 Å². The Morgan fingerprint density at radius 1 is 1.40 bits per heavy atom. The maximum Gasteiger partial charge on any atom is 0.224 e. The van der Waals surface area contributed by atoms with E-state index >= 15 is 0 Å². The second-order valence-electron chi connectivity index (χ2n) is 4.21. The van der Waals surface area contributed by atoms with Crippen LogP contribution >= 0.6 is 11.6 Å². The van der Waals surface area contributed by atoms with Crippen LogP contribution in [0, 0.1) is 5.92 Å². The Hall–Kier alpha value is -0.830. The average Bonchev–Trinajstić information content (AvgIpc) is 2.18. The summed E-state index contributed by atoms with van der Waals surface area (Å²) in [5, 5.41) is 0.134. The fourth-order valence-corrected chi connectivity index (χ4v) is 1.31. The quantitative estimate of drug-likeness (QED) is 0.740. The van der Waals surface area contributed by atoms with Gasteiger partial charge in [-0.15, -0.1) is 11.6 Å². The van der Waals surface area contributed by atoms with Crippen LogP contribution < -0.4 is 4.90 Å². The summed E-state index contributed by atoms with van der Waals surface area (Å²) >= 11 is 6.21. The van der Waals surface area contributed by atoms with Gasteiger partial charge in [0.25, 0.3) is 0 Å². The normalized spacial score (nSPS) is 12.9. The number of rotatable bonds is 4. The van der Waals surface area contributed by atoms with E-state index in [1.165, 1.54) is 0 Å². The lowest BCUT2D eigenvalue weighted by Gasteiger charge is -2.14. The fourth-order valence-electron chi connectivity index (χ4n) is 1.15. The summed E-state index contributed by atoms with van der Waals surface area (Å²) in [5.74, 6) is 1.20. The van der Waals surface area contributed by atoms with Crippen LogP contribution in [0.4, 0.5) is 5.95 Å². The molecule has 15 heavy (non-hydrogen) atoms. The Morgan fingerprint density at radius 3 is 2.60 bits per heavy atom. The topological polar surface area (TPSA) is 29.0 Å². The van der Waals surface area contributed by atoms with Gasteiger partial charge in [-0.25, -0.2) is 9.97 Å². The molecule has 1 aromatic heterocycles. The summed E-state index contributed by atoms with van der Waals surface area (Å²) in [6.45, 7) is 4.23. The first-order valence-electron chi connectivity index (χ1n) is 5.14. The molecule has 1 aromatic rings. The number of nitrogens with zero attached hydrogens (tertiary/aromatic N) is 3. The van der Waals surface area contributed by atoms with Crippen LogP contribution in [-0.4, -0.2) is 29.4 Å². The molecule has 0 aliphatic heterocycles. The van der Waals surface area contributed by atoms with Crippen molar-refractivity contribution >= 4 is 17.5 Å². The highest BCUT2D eigenvalue weighted by molar-refractivity contribution is 6.20. The third kappa shape index (κ3) is 3.67. The van der Waals surface area contributed by atoms with E-state index in [1.54, 1.807) is 6.20 Å². The molecular weight excluding hydrogens is 210 g/mol. The van der Waals surface area contributed by atoms with Crippen molar-refractivity contribution in [1.82, 2.24) is 9.97 Å². The van der Waals surface area contributed by atoms with Crippen molar-refractivity contribution in [3.8, 4) is 0 Å². The smallest absolute Gasteiger partial charge is 0.224 e. The maximum absolute atomic E-state index is 6.21. The van der Waals surface area contributed by atoms with E-state index in [9.17, 15) is 0 Å². The Labute approximate surface area is 96.5 Å². The van der Waals surface area contributed by atoms with Gasteiger partial charge in [-0.1, -0.05) is 13.8 Å². The molecule has 0 aliphatic carbocycles. The zero-order valence-electron chi connectivity index (χ0n) is 9.74. The van der Waals surface area contributed by atoms with Gasteiger partial charge in [0.1, 0.15) is 0 Å². The van der Waals surface area contributed by atoms with Crippen molar-refractivity contribution in [3.63, 3.8) is 0 Å². The Balaban J connectivity index is 2.73. The monoisotopic (exact) mass is 227 g/mol. The standard InChI is InChI=1S/C11H18ClN3/c1-8(2)10(12)7-9-5-6-13-11(14-9)15(3)4/h5-6,8,10H,7H2,1-4H3. The summed E-state index contributed by atoms with van der Waals surface area (Å²) in [5.41, 5.74) is 1.00. The van der Waals surface area contributed by atoms with Gasteiger partial charge in [0.2, 0.25) is 5.95 Å². The van der Waals surface area contributed by atoms with Crippen molar-refractivity contribution in [2.75, 3.05) is 19.0 Å². The molecule has 1 rings (SSSR count). The third-order valence-electron chi connectivity index (χ3n) is 2.23. The van der Waals surface area contributed by atoms with Gasteiger partial charge >= 0.3 is 0 Å². The molecule has 1 unspecified atom stereocenters. The SMILES string of the molecule is CC(C)C(Cl)Cc1ccnc(N(C)C)n1. The number of halogens is 1. The first-order valence-corrected chi connectivity index (χ1v) is 5.57. The van der Waals surface area contributed by atoms with Crippen molar-refractivity contribution in [3.05, 3.63) is 18.0 Å². The summed E-state index contributed by atoms with van der Waals surface area (Å²) in [6, 6.07) is 1.92. The number of anilines is 1. The molecule has 0 radical (unpaired) electrons. The van der Waals surface area contributed by atoms with Gasteiger partial charge in [0.15, 0.2) is 0 Å². The largest absolute Gasteiger partial charge is 0.347 e. The molecule has 0 aromatic carbocycles. The molecule has 3 nitrogen and oxygen atoms in total. The van der Waals surface area contributed by atoms with E-state index in [-0.39, 0.29) is 5.38 Å². The molecule has 0 aliphatic rings. The number of aromatic nitrogens is 2. The molecule has 1 heterocycles. The molecule has 0 N–H and O–H groups in total. The van der Waals surface area contributed by atoms with Gasteiger partial charge < -0.3 is 4.90 Å². The lowest BCUT2D eigenvalue weighted by molar-refractivity contribution is 0.590. The average molecular weight is 228 g/mol. The summed E-state index contributed by atoms with van der Waals surface area (Å²) in [6.07, 6.45) is 2.57. The van der Waals surface area contributed by atoms with E-state index in [4.69, 9.17) is 11.6 Å². The van der Waals surface area contributed by atoms with Crippen molar-refractivity contribution in [1.29, 1.82) is 0 Å². The van der Waals surface area contributed by atoms with Crippen molar-refractivity contribution < 1.29 is 0 Å². The van der Waals surface area contributed by atoms with Gasteiger partial charge in [0, 0.05) is 37.8 Å². The number of hydrogen-bond donors (Lipinski definition) is 0. The van der Waals surface area contributed by atoms with Crippen LogP contribution in [0.3, 0.4) is 0 Å². The fraction of sp³-hybridized carbons (Fsp3) is 0.636. The highest BCUT2D eigenvalue weighted by Gasteiger charge is 2.12. The lowest BCUT2D eigenvalue weighted by Crippen LogP contribution is -2.16. The minimum atomic E-state index is 0.134. The zero-order chi connectivity index (χ0) is 11.4. The first kappa shape index (κ1) is 12.2. The van der Waals surface area contributed by atoms with Crippen LogP contribution in [0.5, 0.6) is 0 Å². The summed E-state index contributed by atoms with van der Waals surface area (Å²) in [7, 11) is 3.86. The minimum absolute atomic E-state index is 0.134. The van der Waals surface area contributed by atoms with Crippen LogP contribution in [-0.2, 0) is 6.42 Å². The van der Waals surface area contributed by atoms with Crippen molar-refractivity contribution in [2.24, 2.45) is 5.92 Å². The van der Waals surface area contributed by atoms with Gasteiger partial charge in [-0.3, -0.25) is 0 Å². The predicted octanol–water partition coefficient (Wildman–Crippen LogP) is 2.35. The predicted molar refractivity (Wildman–Crippen MR) is 64.5 cm³/mol. The second-order valence-corrected chi connectivity index (χ2v) is 4.77. The van der Waals surface area contributed by atoms with E-state index in [0.29, 0.717) is 5.92 Å². The molecule has 0 amide bonds. The van der Waals surface area contributed by atoms with E-state index in [1.807, 2.05) is 25.1 Å². The molecule has 0 fully saturated rings. The molecule has 0 spiro atoms. The Bertz CT molecular complexity index is 312. The maximum atomic E-state index is 6.21. The Kier molecular flexibility index (Phi) is 4.33. The number of alkyl halides is 1. The molecule has 0 saturated carbocycles. The summed E-state index contributed by atoms with van der Waals surface area (Å²) < 4.78 is 0. The van der Waals surface area contributed by atoms with Crippen LogP contribution in [0.1, 0.15) is 19.5 Å². The number of hydrogen-bond acceptors (Lipinski definition) is 3. The van der Waals surface area contributed by atoms with Gasteiger partial charge in [0.05, 0.1) is 0 Å². The van der Waals surface area contributed by atoms with Gasteiger partial charge in [-0.05, 0) is 12.0 Å². The van der Waals surface area contributed by atoms with Crippen molar-refractivity contribution in [2.45, 2.75) is 25.6 Å².